The molecule has 0 amide bonds. The quantitative estimate of drug-likeness (QED) is 0.233. The lowest BCUT2D eigenvalue weighted by molar-refractivity contribution is -0.137. The van der Waals surface area contributed by atoms with Gasteiger partial charge in [-0.2, -0.15) is 13.2 Å². The summed E-state index contributed by atoms with van der Waals surface area (Å²) in [6, 6.07) is 20.8. The Labute approximate surface area is 214 Å². The fourth-order valence-corrected chi connectivity index (χ4v) is 3.89. The van der Waals surface area contributed by atoms with Crippen molar-refractivity contribution < 1.29 is 27.1 Å². The Kier molecular flexibility index (Phi) is 6.20. The van der Waals surface area contributed by atoms with E-state index in [4.69, 9.17) is 25.4 Å². The third kappa shape index (κ3) is 4.99. The summed E-state index contributed by atoms with van der Waals surface area (Å²) in [5.41, 5.74) is 12.1. The van der Waals surface area contributed by atoms with Crippen LogP contribution in [-0.2, 0) is 6.18 Å². The van der Waals surface area contributed by atoms with Crippen LogP contribution in [0.25, 0.3) is 22.3 Å². The Hall–Kier alpha value is -4.92. The van der Waals surface area contributed by atoms with E-state index in [0.29, 0.717) is 34.2 Å². The lowest BCUT2D eigenvalue weighted by Gasteiger charge is -2.14. The van der Waals surface area contributed by atoms with E-state index in [1.807, 2.05) is 0 Å². The number of fused-ring (bicyclic) bond motifs is 1. The lowest BCUT2D eigenvalue weighted by atomic mass is 10.0. The number of rotatable bonds is 5. The van der Waals surface area contributed by atoms with Gasteiger partial charge in [0.25, 0.3) is 0 Å². The number of hydrogen-bond acceptors (Lipinski definition) is 6. The van der Waals surface area contributed by atoms with Crippen molar-refractivity contribution in [3.05, 3.63) is 106 Å². The summed E-state index contributed by atoms with van der Waals surface area (Å²) in [6.45, 7) is 1.55. The van der Waals surface area contributed by atoms with Crippen molar-refractivity contribution in [1.82, 2.24) is 0 Å². The zero-order valence-electron chi connectivity index (χ0n) is 20.0. The SMILES string of the molecule is Cc1c(-c2ccc(C(F)(F)F)cc2)oc2c(Oc3ccc(N)cc3)cc(Oc3ccc(N)cc3)cc2c1=O. The van der Waals surface area contributed by atoms with Crippen LogP contribution in [0.2, 0.25) is 0 Å². The number of benzene rings is 4. The fourth-order valence-electron chi connectivity index (χ4n) is 3.89. The fraction of sp³-hybridized carbons (Fsp3) is 0.0690. The molecule has 0 aliphatic rings. The van der Waals surface area contributed by atoms with E-state index in [1.165, 1.54) is 18.2 Å². The number of halogens is 3. The van der Waals surface area contributed by atoms with Crippen molar-refractivity contribution in [2.75, 3.05) is 11.5 Å². The first-order chi connectivity index (χ1) is 18.1. The van der Waals surface area contributed by atoms with Crippen LogP contribution >= 0.6 is 0 Å². The molecule has 1 aromatic heterocycles. The van der Waals surface area contributed by atoms with Gasteiger partial charge in [-0.1, -0.05) is 12.1 Å². The molecule has 4 N–H and O–H groups in total. The molecule has 4 aromatic carbocycles. The van der Waals surface area contributed by atoms with E-state index in [2.05, 4.69) is 0 Å². The van der Waals surface area contributed by atoms with Gasteiger partial charge >= 0.3 is 6.18 Å². The van der Waals surface area contributed by atoms with Crippen LogP contribution < -0.4 is 26.4 Å². The van der Waals surface area contributed by atoms with Crippen molar-refractivity contribution >= 4 is 22.3 Å². The molecule has 0 unspecified atom stereocenters. The molecule has 0 bridgehead atoms. The summed E-state index contributed by atoms with van der Waals surface area (Å²) in [6.07, 6.45) is -4.49. The van der Waals surface area contributed by atoms with Gasteiger partial charge in [0.2, 0.25) is 0 Å². The standard InChI is InChI=1S/C29H21F3N2O4/c1-16-26(35)24-14-23(36-21-10-6-19(33)7-11-21)15-25(37-22-12-8-20(34)9-13-22)28(24)38-27(16)17-2-4-18(5-3-17)29(30,31)32/h2-15H,33-34H2,1H3. The summed E-state index contributed by atoms with van der Waals surface area (Å²) in [7, 11) is 0. The molecular formula is C29H21F3N2O4. The number of anilines is 2. The Morgan fingerprint density at radius 3 is 1.84 bits per heavy atom. The molecule has 0 aliphatic heterocycles. The highest BCUT2D eigenvalue weighted by molar-refractivity contribution is 5.87. The van der Waals surface area contributed by atoms with Crippen molar-refractivity contribution in [1.29, 1.82) is 0 Å². The maximum atomic E-state index is 13.5. The summed E-state index contributed by atoms with van der Waals surface area (Å²) in [5.74, 6) is 1.51. The first-order valence-corrected chi connectivity index (χ1v) is 11.4. The Balaban J connectivity index is 1.66. The smallest absolute Gasteiger partial charge is 0.416 e. The van der Waals surface area contributed by atoms with E-state index >= 15 is 0 Å². The van der Waals surface area contributed by atoms with Gasteiger partial charge in [-0.3, -0.25) is 4.79 Å². The van der Waals surface area contributed by atoms with E-state index in [0.717, 1.165) is 12.1 Å². The van der Waals surface area contributed by atoms with Gasteiger partial charge in [-0.25, -0.2) is 0 Å². The zero-order chi connectivity index (χ0) is 27.0. The van der Waals surface area contributed by atoms with Crippen LogP contribution in [0.5, 0.6) is 23.0 Å². The second kappa shape index (κ2) is 9.51. The minimum atomic E-state index is -4.49. The van der Waals surface area contributed by atoms with E-state index < -0.39 is 11.7 Å². The third-order valence-corrected chi connectivity index (χ3v) is 5.86. The summed E-state index contributed by atoms with van der Waals surface area (Å²) < 4.78 is 57.3. The van der Waals surface area contributed by atoms with Crippen LogP contribution in [0.1, 0.15) is 11.1 Å². The molecule has 6 nitrogen and oxygen atoms in total. The topological polar surface area (TPSA) is 101 Å². The predicted molar refractivity (Wildman–Crippen MR) is 140 cm³/mol. The van der Waals surface area contributed by atoms with Gasteiger partial charge in [0.05, 0.1) is 10.9 Å². The molecule has 0 fully saturated rings. The minimum Gasteiger partial charge on any atom is -0.457 e. The first kappa shape index (κ1) is 24.8. The maximum absolute atomic E-state index is 13.5. The highest BCUT2D eigenvalue weighted by atomic mass is 19.4. The second-order valence-corrected chi connectivity index (χ2v) is 8.60. The molecule has 192 valence electrons. The van der Waals surface area contributed by atoms with Crippen molar-refractivity contribution in [2.45, 2.75) is 13.1 Å². The molecule has 5 aromatic rings. The monoisotopic (exact) mass is 518 g/mol. The Bertz CT molecular complexity index is 1680. The van der Waals surface area contributed by atoms with Crippen LogP contribution in [0.3, 0.4) is 0 Å². The Morgan fingerprint density at radius 2 is 1.29 bits per heavy atom. The second-order valence-electron chi connectivity index (χ2n) is 8.60. The number of nitrogens with two attached hydrogens (primary N) is 2. The van der Waals surface area contributed by atoms with Crippen molar-refractivity contribution in [3.63, 3.8) is 0 Å². The molecule has 0 saturated carbocycles. The van der Waals surface area contributed by atoms with Gasteiger partial charge in [0.1, 0.15) is 23.0 Å². The zero-order valence-corrected chi connectivity index (χ0v) is 20.0. The highest BCUT2D eigenvalue weighted by Gasteiger charge is 2.30. The number of alkyl halides is 3. The molecule has 9 heteroatoms. The number of ether oxygens (including phenoxy) is 2. The van der Waals surface area contributed by atoms with Crippen LogP contribution in [0.15, 0.2) is 94.1 Å². The molecule has 0 aliphatic carbocycles. The molecule has 38 heavy (non-hydrogen) atoms. The molecular weight excluding hydrogens is 497 g/mol. The number of hydrogen-bond donors (Lipinski definition) is 2. The normalized spacial score (nSPS) is 11.5. The van der Waals surface area contributed by atoms with Crippen molar-refractivity contribution in [2.24, 2.45) is 0 Å². The van der Waals surface area contributed by atoms with E-state index in [9.17, 15) is 18.0 Å². The van der Waals surface area contributed by atoms with Gasteiger partial charge in [-0.05, 0) is 73.7 Å². The molecule has 0 radical (unpaired) electrons. The molecule has 0 atom stereocenters. The Morgan fingerprint density at radius 1 is 0.737 bits per heavy atom. The molecule has 0 spiro atoms. The minimum absolute atomic E-state index is 0.108. The van der Waals surface area contributed by atoms with E-state index in [1.54, 1.807) is 61.5 Å². The summed E-state index contributed by atoms with van der Waals surface area (Å²) in [5, 5.41) is 0.177. The van der Waals surface area contributed by atoms with Crippen LogP contribution in [-0.4, -0.2) is 0 Å². The molecule has 0 saturated heterocycles. The first-order valence-electron chi connectivity index (χ1n) is 11.4. The average Bonchev–Trinajstić information content (AvgIpc) is 2.89. The van der Waals surface area contributed by atoms with Crippen molar-refractivity contribution in [3.8, 4) is 34.3 Å². The van der Waals surface area contributed by atoms with Gasteiger partial charge in [0, 0.05) is 28.6 Å². The van der Waals surface area contributed by atoms with Gasteiger partial charge in [-0.15, -0.1) is 0 Å². The van der Waals surface area contributed by atoms with Crippen LogP contribution in [0.4, 0.5) is 24.5 Å². The number of nitrogen functional groups attached to an aromatic ring is 2. The molecule has 1 heterocycles. The summed E-state index contributed by atoms with van der Waals surface area (Å²) >= 11 is 0. The average molecular weight is 518 g/mol. The van der Waals surface area contributed by atoms with E-state index in [-0.39, 0.29) is 33.5 Å². The highest BCUT2D eigenvalue weighted by Crippen LogP contribution is 2.38. The maximum Gasteiger partial charge on any atom is 0.416 e. The summed E-state index contributed by atoms with van der Waals surface area (Å²) in [4.78, 5) is 13.5. The third-order valence-electron chi connectivity index (χ3n) is 5.86. The largest absolute Gasteiger partial charge is 0.457 e. The van der Waals surface area contributed by atoms with Gasteiger partial charge < -0.3 is 25.4 Å². The van der Waals surface area contributed by atoms with Gasteiger partial charge in [0.15, 0.2) is 16.8 Å². The van der Waals surface area contributed by atoms with Crippen LogP contribution in [0, 0.1) is 6.92 Å². The lowest BCUT2D eigenvalue weighted by Crippen LogP contribution is -2.08. The predicted octanol–water partition coefficient (Wildman–Crippen LogP) is 7.54. The molecule has 5 rings (SSSR count).